The number of anilines is 1. The van der Waals surface area contributed by atoms with Gasteiger partial charge in [-0.3, -0.25) is 0 Å². The smallest absolute Gasteiger partial charge is 0.335 e. The Bertz CT molecular complexity index is 380. The highest BCUT2D eigenvalue weighted by molar-refractivity contribution is 5.89. The van der Waals surface area contributed by atoms with E-state index in [2.05, 4.69) is 0 Å². The maximum absolute atomic E-state index is 10.7. The maximum atomic E-state index is 10.7. The van der Waals surface area contributed by atoms with Gasteiger partial charge >= 0.3 is 5.97 Å². The summed E-state index contributed by atoms with van der Waals surface area (Å²) in [5.74, 6) is -0.614. The summed E-state index contributed by atoms with van der Waals surface area (Å²) in [7, 11) is 0. The van der Waals surface area contributed by atoms with Crippen molar-refractivity contribution in [1.82, 2.24) is 0 Å². The van der Waals surface area contributed by atoms with Crippen molar-refractivity contribution >= 4 is 11.7 Å². The van der Waals surface area contributed by atoms with Gasteiger partial charge in [0, 0.05) is 0 Å². The predicted octanol–water partition coefficient (Wildman–Crippen LogP) is 0.355. The molecule has 0 heterocycles. The van der Waals surface area contributed by atoms with E-state index in [9.17, 15) is 4.79 Å². The zero-order valence-corrected chi connectivity index (χ0v) is 9.26. The Labute approximate surface area is 98.6 Å². The van der Waals surface area contributed by atoms with E-state index in [0.29, 0.717) is 12.4 Å². The lowest BCUT2D eigenvalue weighted by Gasteiger charge is -2.09. The second-order valence-electron chi connectivity index (χ2n) is 3.24. The molecule has 0 saturated carbocycles. The highest BCUT2D eigenvalue weighted by atomic mass is 16.5. The van der Waals surface area contributed by atoms with Crippen molar-refractivity contribution in [2.45, 2.75) is 0 Å². The van der Waals surface area contributed by atoms with Crippen LogP contribution in [-0.2, 0) is 4.74 Å². The van der Waals surface area contributed by atoms with Crippen molar-refractivity contribution in [2.24, 2.45) is 0 Å². The summed E-state index contributed by atoms with van der Waals surface area (Å²) in [5.41, 5.74) is 6.02. The third-order valence-electron chi connectivity index (χ3n) is 1.98. The van der Waals surface area contributed by atoms with Crippen LogP contribution in [0.15, 0.2) is 18.2 Å². The zero-order chi connectivity index (χ0) is 12.7. The van der Waals surface area contributed by atoms with Gasteiger partial charge in [0.1, 0.15) is 12.4 Å². The molecule has 6 nitrogen and oxygen atoms in total. The number of aromatic carboxylic acids is 1. The lowest BCUT2D eigenvalue weighted by atomic mass is 10.2. The number of aliphatic hydroxyl groups is 1. The van der Waals surface area contributed by atoms with Crippen LogP contribution in [0, 0.1) is 0 Å². The SMILES string of the molecule is Nc1cc(C(=O)O)ccc1OCCOCCO. The number of carboxylic acids is 1. The normalized spacial score (nSPS) is 10.2. The topological polar surface area (TPSA) is 102 Å². The van der Waals surface area contributed by atoms with Crippen LogP contribution in [0.1, 0.15) is 10.4 Å². The molecule has 1 rings (SSSR count). The fraction of sp³-hybridized carbons (Fsp3) is 0.364. The third-order valence-corrected chi connectivity index (χ3v) is 1.98. The molecule has 0 amide bonds. The quantitative estimate of drug-likeness (QED) is 0.470. The molecular formula is C11H15NO5. The summed E-state index contributed by atoms with van der Waals surface area (Å²) in [6.07, 6.45) is 0. The van der Waals surface area contributed by atoms with Crippen molar-refractivity contribution in [3.8, 4) is 5.75 Å². The van der Waals surface area contributed by atoms with Gasteiger partial charge in [-0.05, 0) is 18.2 Å². The number of nitrogen functional groups attached to an aromatic ring is 1. The lowest BCUT2D eigenvalue weighted by Crippen LogP contribution is -2.10. The summed E-state index contributed by atoms with van der Waals surface area (Å²) in [6.45, 7) is 0.851. The number of benzene rings is 1. The fourth-order valence-electron chi connectivity index (χ4n) is 1.19. The second-order valence-corrected chi connectivity index (χ2v) is 3.24. The molecule has 0 aliphatic carbocycles. The third kappa shape index (κ3) is 4.29. The van der Waals surface area contributed by atoms with Gasteiger partial charge in [0.25, 0.3) is 0 Å². The maximum Gasteiger partial charge on any atom is 0.335 e. The summed E-state index contributed by atoms with van der Waals surface area (Å²) in [5, 5.41) is 17.2. The average molecular weight is 241 g/mol. The van der Waals surface area contributed by atoms with E-state index in [1.165, 1.54) is 18.2 Å². The number of hydrogen-bond donors (Lipinski definition) is 3. The zero-order valence-electron chi connectivity index (χ0n) is 9.26. The largest absolute Gasteiger partial charge is 0.489 e. The summed E-state index contributed by atoms with van der Waals surface area (Å²) < 4.78 is 10.3. The van der Waals surface area contributed by atoms with Gasteiger partial charge in [0.05, 0.1) is 31.1 Å². The van der Waals surface area contributed by atoms with Crippen LogP contribution in [0.25, 0.3) is 0 Å². The molecule has 0 aliphatic heterocycles. The van der Waals surface area contributed by atoms with Crippen LogP contribution >= 0.6 is 0 Å². The van der Waals surface area contributed by atoms with Crippen molar-refractivity contribution in [3.05, 3.63) is 23.8 Å². The predicted molar refractivity (Wildman–Crippen MR) is 61.2 cm³/mol. The monoisotopic (exact) mass is 241 g/mol. The average Bonchev–Trinajstić information content (AvgIpc) is 2.30. The van der Waals surface area contributed by atoms with Gasteiger partial charge < -0.3 is 25.4 Å². The second kappa shape index (κ2) is 6.72. The van der Waals surface area contributed by atoms with Crippen molar-refractivity contribution in [1.29, 1.82) is 0 Å². The number of nitrogens with two attached hydrogens (primary N) is 1. The van der Waals surface area contributed by atoms with Crippen molar-refractivity contribution in [3.63, 3.8) is 0 Å². The molecule has 0 fully saturated rings. The van der Waals surface area contributed by atoms with E-state index in [0.717, 1.165) is 0 Å². The summed E-state index contributed by atoms with van der Waals surface area (Å²) in [4.78, 5) is 10.7. The lowest BCUT2D eigenvalue weighted by molar-refractivity contribution is 0.0695. The van der Waals surface area contributed by atoms with Crippen molar-refractivity contribution < 1.29 is 24.5 Å². The molecule has 0 radical (unpaired) electrons. The first-order valence-corrected chi connectivity index (χ1v) is 5.09. The van der Waals surface area contributed by atoms with Crippen LogP contribution in [0.4, 0.5) is 5.69 Å². The number of hydrogen-bond acceptors (Lipinski definition) is 5. The standard InChI is InChI=1S/C11H15NO5/c12-9-7-8(11(14)15)1-2-10(9)17-6-5-16-4-3-13/h1-2,7,13H,3-6,12H2,(H,14,15). The van der Waals surface area contributed by atoms with Gasteiger partial charge in [-0.25, -0.2) is 4.79 Å². The van der Waals surface area contributed by atoms with Gasteiger partial charge in [0.15, 0.2) is 0 Å². The van der Waals surface area contributed by atoms with Crippen LogP contribution in [0.5, 0.6) is 5.75 Å². The van der Waals surface area contributed by atoms with Gasteiger partial charge in [-0.2, -0.15) is 0 Å². The number of carboxylic acid groups (broad SMARTS) is 1. The van der Waals surface area contributed by atoms with Crippen LogP contribution in [0.2, 0.25) is 0 Å². The van der Waals surface area contributed by atoms with Crippen LogP contribution in [0.3, 0.4) is 0 Å². The number of aliphatic hydroxyl groups excluding tert-OH is 1. The van der Waals surface area contributed by atoms with Gasteiger partial charge in [-0.1, -0.05) is 0 Å². The number of rotatable bonds is 7. The molecule has 94 valence electrons. The highest BCUT2D eigenvalue weighted by Gasteiger charge is 2.06. The van der Waals surface area contributed by atoms with E-state index in [-0.39, 0.29) is 31.1 Å². The van der Waals surface area contributed by atoms with Crippen LogP contribution in [-0.4, -0.2) is 42.6 Å². The first kappa shape index (κ1) is 13.3. The minimum absolute atomic E-state index is 0.0323. The molecule has 0 bridgehead atoms. The van der Waals surface area contributed by atoms with E-state index in [1.807, 2.05) is 0 Å². The fourth-order valence-corrected chi connectivity index (χ4v) is 1.19. The Kier molecular flexibility index (Phi) is 5.25. The molecular weight excluding hydrogens is 226 g/mol. The Morgan fingerprint density at radius 1 is 1.29 bits per heavy atom. The molecule has 0 unspecified atom stereocenters. The number of carbonyl (C=O) groups is 1. The highest BCUT2D eigenvalue weighted by Crippen LogP contribution is 2.22. The molecule has 4 N–H and O–H groups in total. The summed E-state index contributed by atoms with van der Waals surface area (Å²) >= 11 is 0. The Morgan fingerprint density at radius 3 is 2.65 bits per heavy atom. The van der Waals surface area contributed by atoms with Crippen LogP contribution < -0.4 is 10.5 Å². The molecule has 1 aromatic rings. The molecule has 0 aliphatic rings. The Balaban J connectivity index is 2.46. The first-order chi connectivity index (χ1) is 8.15. The molecule has 17 heavy (non-hydrogen) atoms. The van der Waals surface area contributed by atoms with E-state index in [4.69, 9.17) is 25.4 Å². The van der Waals surface area contributed by atoms with Gasteiger partial charge in [-0.15, -0.1) is 0 Å². The molecule has 0 atom stereocenters. The van der Waals surface area contributed by atoms with E-state index in [1.54, 1.807) is 0 Å². The molecule has 0 aromatic heterocycles. The minimum Gasteiger partial charge on any atom is -0.489 e. The number of ether oxygens (including phenoxy) is 2. The first-order valence-electron chi connectivity index (χ1n) is 5.09. The summed E-state index contributed by atoms with van der Waals surface area (Å²) in [6, 6.07) is 4.26. The molecule has 0 spiro atoms. The van der Waals surface area contributed by atoms with E-state index < -0.39 is 5.97 Å². The van der Waals surface area contributed by atoms with Crippen molar-refractivity contribution in [2.75, 3.05) is 32.2 Å². The Morgan fingerprint density at radius 2 is 2.06 bits per heavy atom. The molecule has 0 saturated heterocycles. The molecule has 6 heteroatoms. The minimum atomic E-state index is -1.03. The molecule has 1 aromatic carbocycles. The van der Waals surface area contributed by atoms with E-state index >= 15 is 0 Å². The van der Waals surface area contributed by atoms with Gasteiger partial charge in [0.2, 0.25) is 0 Å². The Hall–Kier alpha value is -1.79.